The molecule has 0 radical (unpaired) electrons. The number of methoxy groups -OCH3 is 1. The van der Waals surface area contributed by atoms with Crippen molar-refractivity contribution in [3.05, 3.63) is 29.8 Å². The van der Waals surface area contributed by atoms with Gasteiger partial charge in [0.05, 0.1) is 7.11 Å². The fraction of sp³-hybridized carbons (Fsp3) is 0.667. The van der Waals surface area contributed by atoms with Gasteiger partial charge < -0.3 is 10.1 Å². The van der Waals surface area contributed by atoms with Crippen LogP contribution in [-0.4, -0.2) is 32.2 Å². The van der Waals surface area contributed by atoms with Crippen molar-refractivity contribution in [2.24, 2.45) is 11.8 Å². The van der Waals surface area contributed by atoms with Gasteiger partial charge in [0.2, 0.25) is 0 Å². The van der Waals surface area contributed by atoms with Gasteiger partial charge in [0.15, 0.2) is 0 Å². The monoisotopic (exact) mass is 309 g/mol. The maximum atomic E-state index is 5.49. The molecule has 1 rings (SSSR count). The summed E-state index contributed by atoms with van der Waals surface area (Å²) in [4.78, 5) is 0. The van der Waals surface area contributed by atoms with Gasteiger partial charge in [0.25, 0.3) is 0 Å². The second-order valence-electron chi connectivity index (χ2n) is 6.07. The van der Waals surface area contributed by atoms with Gasteiger partial charge in [-0.3, -0.25) is 0 Å². The third-order valence-corrected chi connectivity index (χ3v) is 4.34. The second kappa shape index (κ2) is 11.0. The standard InChI is InChI=1S/C18H31NOS/c1-15(2)13-19-14-16(8-7-11-21-4)12-17-9-5-6-10-18(17)20-3/h5-6,9-10,15-16,19H,7-8,11-14H2,1-4H3. The van der Waals surface area contributed by atoms with Crippen molar-refractivity contribution in [1.82, 2.24) is 5.32 Å². The summed E-state index contributed by atoms with van der Waals surface area (Å²) < 4.78 is 5.49. The number of para-hydroxylation sites is 1. The molecule has 1 atom stereocenters. The summed E-state index contributed by atoms with van der Waals surface area (Å²) in [5.74, 6) is 3.68. The number of thioether (sulfide) groups is 1. The number of hydrogen-bond acceptors (Lipinski definition) is 3. The summed E-state index contributed by atoms with van der Waals surface area (Å²) in [7, 11) is 1.76. The summed E-state index contributed by atoms with van der Waals surface area (Å²) in [6, 6.07) is 8.42. The lowest BCUT2D eigenvalue weighted by Crippen LogP contribution is -2.27. The van der Waals surface area contributed by atoms with Gasteiger partial charge in [-0.25, -0.2) is 0 Å². The molecule has 21 heavy (non-hydrogen) atoms. The molecular weight excluding hydrogens is 278 g/mol. The first-order chi connectivity index (χ1) is 10.2. The Balaban J connectivity index is 2.57. The smallest absolute Gasteiger partial charge is 0.122 e. The van der Waals surface area contributed by atoms with Gasteiger partial charge in [-0.05, 0) is 67.8 Å². The highest BCUT2D eigenvalue weighted by atomic mass is 32.2. The van der Waals surface area contributed by atoms with Crippen molar-refractivity contribution in [3.63, 3.8) is 0 Å². The van der Waals surface area contributed by atoms with E-state index in [1.165, 1.54) is 24.2 Å². The number of hydrogen-bond donors (Lipinski definition) is 1. The van der Waals surface area contributed by atoms with E-state index in [9.17, 15) is 0 Å². The van der Waals surface area contributed by atoms with Gasteiger partial charge in [-0.1, -0.05) is 32.0 Å². The molecule has 0 saturated carbocycles. The van der Waals surface area contributed by atoms with E-state index in [1.54, 1.807) is 7.11 Å². The third kappa shape index (κ3) is 7.77. The number of ether oxygens (including phenoxy) is 1. The van der Waals surface area contributed by atoms with Gasteiger partial charge in [0, 0.05) is 0 Å². The number of rotatable bonds is 11. The summed E-state index contributed by atoms with van der Waals surface area (Å²) >= 11 is 1.94. The minimum absolute atomic E-state index is 0.687. The molecule has 1 unspecified atom stereocenters. The number of nitrogens with one attached hydrogen (secondary N) is 1. The van der Waals surface area contributed by atoms with Crippen LogP contribution in [-0.2, 0) is 6.42 Å². The Labute approximate surface area is 135 Å². The van der Waals surface area contributed by atoms with E-state index < -0.39 is 0 Å². The lowest BCUT2D eigenvalue weighted by Gasteiger charge is -2.20. The van der Waals surface area contributed by atoms with Crippen molar-refractivity contribution in [2.45, 2.75) is 33.1 Å². The van der Waals surface area contributed by atoms with Crippen LogP contribution in [0.3, 0.4) is 0 Å². The summed E-state index contributed by atoms with van der Waals surface area (Å²) in [6.07, 6.45) is 5.87. The van der Waals surface area contributed by atoms with Gasteiger partial charge in [-0.15, -0.1) is 0 Å². The Kier molecular flexibility index (Phi) is 9.60. The molecule has 120 valence electrons. The zero-order valence-corrected chi connectivity index (χ0v) is 14.8. The fourth-order valence-corrected chi connectivity index (χ4v) is 3.01. The Morgan fingerprint density at radius 3 is 2.62 bits per heavy atom. The number of benzene rings is 1. The van der Waals surface area contributed by atoms with E-state index in [2.05, 4.69) is 43.6 Å². The van der Waals surface area contributed by atoms with E-state index >= 15 is 0 Å². The van der Waals surface area contributed by atoms with Gasteiger partial charge in [-0.2, -0.15) is 11.8 Å². The predicted octanol–water partition coefficient (Wildman–Crippen LogP) is 4.24. The van der Waals surface area contributed by atoms with E-state index in [4.69, 9.17) is 4.74 Å². The lowest BCUT2D eigenvalue weighted by atomic mass is 9.94. The molecule has 0 aromatic heterocycles. The molecule has 0 spiro atoms. The van der Waals surface area contributed by atoms with Crippen LogP contribution in [0.5, 0.6) is 5.75 Å². The van der Waals surface area contributed by atoms with Crippen LogP contribution in [0.1, 0.15) is 32.3 Å². The topological polar surface area (TPSA) is 21.3 Å². The molecule has 1 N–H and O–H groups in total. The van der Waals surface area contributed by atoms with E-state index in [0.717, 1.165) is 25.3 Å². The second-order valence-corrected chi connectivity index (χ2v) is 7.05. The third-order valence-electron chi connectivity index (χ3n) is 3.65. The largest absolute Gasteiger partial charge is 0.496 e. The highest BCUT2D eigenvalue weighted by Crippen LogP contribution is 2.23. The molecule has 0 heterocycles. The molecule has 1 aromatic rings. The Hall–Kier alpha value is -0.670. The Bertz CT molecular complexity index is 381. The predicted molar refractivity (Wildman–Crippen MR) is 95.5 cm³/mol. The Morgan fingerprint density at radius 2 is 1.95 bits per heavy atom. The molecule has 0 amide bonds. The minimum atomic E-state index is 0.687. The quantitative estimate of drug-likeness (QED) is 0.618. The van der Waals surface area contributed by atoms with Crippen molar-refractivity contribution < 1.29 is 4.74 Å². The lowest BCUT2D eigenvalue weighted by molar-refractivity contribution is 0.391. The van der Waals surface area contributed by atoms with Crippen LogP contribution in [0, 0.1) is 11.8 Å². The van der Waals surface area contributed by atoms with Crippen LogP contribution < -0.4 is 10.1 Å². The highest BCUT2D eigenvalue weighted by molar-refractivity contribution is 7.98. The molecule has 2 nitrogen and oxygen atoms in total. The fourth-order valence-electron chi connectivity index (χ4n) is 2.55. The van der Waals surface area contributed by atoms with Crippen molar-refractivity contribution >= 4 is 11.8 Å². The SMILES string of the molecule is COc1ccccc1CC(CCCSC)CNCC(C)C. The zero-order chi connectivity index (χ0) is 15.5. The molecule has 1 aromatic carbocycles. The maximum Gasteiger partial charge on any atom is 0.122 e. The maximum absolute atomic E-state index is 5.49. The summed E-state index contributed by atoms with van der Waals surface area (Å²) in [5, 5.41) is 3.62. The first-order valence-electron chi connectivity index (χ1n) is 7.99. The van der Waals surface area contributed by atoms with E-state index in [-0.39, 0.29) is 0 Å². The molecular formula is C18H31NOS. The van der Waals surface area contributed by atoms with Crippen molar-refractivity contribution in [1.29, 1.82) is 0 Å². The van der Waals surface area contributed by atoms with Gasteiger partial charge in [0.1, 0.15) is 5.75 Å². The van der Waals surface area contributed by atoms with Crippen LogP contribution in [0.15, 0.2) is 24.3 Å². The Morgan fingerprint density at radius 1 is 1.19 bits per heavy atom. The first kappa shape index (κ1) is 18.4. The van der Waals surface area contributed by atoms with Crippen LogP contribution in [0.4, 0.5) is 0 Å². The van der Waals surface area contributed by atoms with Gasteiger partial charge >= 0.3 is 0 Å². The highest BCUT2D eigenvalue weighted by Gasteiger charge is 2.12. The van der Waals surface area contributed by atoms with E-state index in [1.807, 2.05) is 17.8 Å². The molecule has 0 aliphatic carbocycles. The van der Waals surface area contributed by atoms with E-state index in [0.29, 0.717) is 11.8 Å². The minimum Gasteiger partial charge on any atom is -0.496 e. The van der Waals surface area contributed by atoms with Crippen LogP contribution in [0.25, 0.3) is 0 Å². The van der Waals surface area contributed by atoms with Crippen molar-refractivity contribution in [3.8, 4) is 5.75 Å². The molecule has 0 bridgehead atoms. The molecule has 0 aliphatic heterocycles. The summed E-state index contributed by atoms with van der Waals surface area (Å²) in [5.41, 5.74) is 1.33. The van der Waals surface area contributed by atoms with Crippen LogP contribution in [0.2, 0.25) is 0 Å². The average Bonchev–Trinajstić information content (AvgIpc) is 2.47. The van der Waals surface area contributed by atoms with Crippen LogP contribution >= 0.6 is 11.8 Å². The molecule has 0 fully saturated rings. The normalized spacial score (nSPS) is 12.6. The zero-order valence-electron chi connectivity index (χ0n) is 14.0. The first-order valence-corrected chi connectivity index (χ1v) is 9.38. The molecule has 0 saturated heterocycles. The molecule has 3 heteroatoms. The average molecular weight is 310 g/mol. The van der Waals surface area contributed by atoms with Crippen molar-refractivity contribution in [2.75, 3.05) is 32.2 Å². The summed E-state index contributed by atoms with van der Waals surface area (Å²) in [6.45, 7) is 6.72. The molecule has 0 aliphatic rings.